The summed E-state index contributed by atoms with van der Waals surface area (Å²) >= 11 is 1.62. The van der Waals surface area contributed by atoms with Gasteiger partial charge in [0, 0.05) is 30.7 Å². The van der Waals surface area contributed by atoms with Crippen LogP contribution in [0.1, 0.15) is 24.0 Å². The number of aromatic nitrogens is 1. The summed E-state index contributed by atoms with van der Waals surface area (Å²) in [5, 5.41) is 2.98. The highest BCUT2D eigenvalue weighted by molar-refractivity contribution is 7.89. The lowest BCUT2D eigenvalue weighted by atomic mass is 10.1. The van der Waals surface area contributed by atoms with Crippen LogP contribution in [0.25, 0.3) is 0 Å². The van der Waals surface area contributed by atoms with Gasteiger partial charge in [0.05, 0.1) is 4.90 Å². The number of aryl methyl sites for hydroxylation is 2. The molecule has 0 atom stereocenters. The third kappa shape index (κ3) is 3.73. The topological polar surface area (TPSA) is 62.3 Å². The second-order valence-electron chi connectivity index (χ2n) is 5.97. The Kier molecular flexibility index (Phi) is 4.70. The van der Waals surface area contributed by atoms with Crippen LogP contribution in [0.15, 0.2) is 34.7 Å². The standard InChI is InChI=1S/C16H21N3O2S2/c1-12-3-4-15(13(2)11-12)23(20,21)18-14-5-8-19(9-6-14)16-17-7-10-22-16/h3-4,7,10-11,14,18H,5-6,8-9H2,1-2H3. The van der Waals surface area contributed by atoms with E-state index in [9.17, 15) is 8.42 Å². The van der Waals surface area contributed by atoms with Crippen LogP contribution < -0.4 is 9.62 Å². The quantitative estimate of drug-likeness (QED) is 0.920. The largest absolute Gasteiger partial charge is 0.348 e. The van der Waals surface area contributed by atoms with Crippen LogP contribution in [-0.4, -0.2) is 32.5 Å². The fourth-order valence-corrected chi connectivity index (χ4v) is 5.17. The van der Waals surface area contributed by atoms with E-state index in [1.165, 1.54) is 0 Å². The Labute approximate surface area is 141 Å². The maximum Gasteiger partial charge on any atom is 0.241 e. The lowest BCUT2D eigenvalue weighted by Crippen LogP contribution is -2.44. The average molecular weight is 351 g/mol. The average Bonchev–Trinajstić information content (AvgIpc) is 3.01. The van der Waals surface area contributed by atoms with Gasteiger partial charge < -0.3 is 4.90 Å². The molecule has 1 aliphatic rings. The van der Waals surface area contributed by atoms with E-state index in [0.717, 1.165) is 42.2 Å². The van der Waals surface area contributed by atoms with Gasteiger partial charge in [-0.25, -0.2) is 18.1 Å². The van der Waals surface area contributed by atoms with E-state index in [2.05, 4.69) is 14.6 Å². The number of thiazole rings is 1. The van der Waals surface area contributed by atoms with E-state index in [1.54, 1.807) is 23.6 Å². The molecule has 124 valence electrons. The molecule has 1 saturated heterocycles. The molecule has 1 aromatic heterocycles. The first-order valence-corrected chi connectivity index (χ1v) is 10.1. The third-order valence-electron chi connectivity index (χ3n) is 4.13. The summed E-state index contributed by atoms with van der Waals surface area (Å²) in [5.74, 6) is 0. The minimum Gasteiger partial charge on any atom is -0.348 e. The van der Waals surface area contributed by atoms with Crippen LogP contribution in [0, 0.1) is 13.8 Å². The van der Waals surface area contributed by atoms with Gasteiger partial charge in [-0.2, -0.15) is 0 Å². The molecule has 0 amide bonds. The van der Waals surface area contributed by atoms with Crippen LogP contribution in [0.5, 0.6) is 0 Å². The molecule has 0 bridgehead atoms. The first kappa shape index (κ1) is 16.4. The number of nitrogens with one attached hydrogen (secondary N) is 1. The minimum absolute atomic E-state index is 0.0167. The molecule has 2 aromatic rings. The number of hydrogen-bond donors (Lipinski definition) is 1. The van der Waals surface area contributed by atoms with Crippen molar-refractivity contribution in [2.45, 2.75) is 37.6 Å². The van der Waals surface area contributed by atoms with Crippen molar-refractivity contribution in [2.24, 2.45) is 0 Å². The van der Waals surface area contributed by atoms with Crippen LogP contribution in [0.3, 0.4) is 0 Å². The van der Waals surface area contributed by atoms with E-state index in [1.807, 2.05) is 31.4 Å². The zero-order valence-electron chi connectivity index (χ0n) is 13.3. The molecule has 7 heteroatoms. The fourth-order valence-electron chi connectivity index (χ4n) is 2.94. The minimum atomic E-state index is -3.46. The Bertz CT molecular complexity index is 765. The third-order valence-corrected chi connectivity index (χ3v) is 6.64. The normalized spacial score (nSPS) is 16.7. The number of rotatable bonds is 4. The first-order valence-electron chi connectivity index (χ1n) is 7.70. The van der Waals surface area contributed by atoms with Crippen molar-refractivity contribution in [3.8, 4) is 0 Å². The van der Waals surface area contributed by atoms with Crippen molar-refractivity contribution in [1.29, 1.82) is 0 Å². The van der Waals surface area contributed by atoms with Gasteiger partial charge in [0.2, 0.25) is 10.0 Å². The Balaban J connectivity index is 1.65. The highest BCUT2D eigenvalue weighted by Crippen LogP contribution is 2.23. The summed E-state index contributed by atoms with van der Waals surface area (Å²) in [6.07, 6.45) is 3.39. The molecule has 1 aromatic carbocycles. The zero-order chi connectivity index (χ0) is 16.4. The van der Waals surface area contributed by atoms with Crippen molar-refractivity contribution in [2.75, 3.05) is 18.0 Å². The Morgan fingerprint density at radius 2 is 2.00 bits per heavy atom. The lowest BCUT2D eigenvalue weighted by molar-refractivity contribution is 0.459. The molecule has 1 fully saturated rings. The molecule has 0 unspecified atom stereocenters. The van der Waals surface area contributed by atoms with Crippen LogP contribution in [-0.2, 0) is 10.0 Å². The number of nitrogens with zero attached hydrogens (tertiary/aromatic N) is 2. The summed E-state index contributed by atoms with van der Waals surface area (Å²) in [6.45, 7) is 5.46. The number of hydrogen-bond acceptors (Lipinski definition) is 5. The molecule has 1 N–H and O–H groups in total. The summed E-state index contributed by atoms with van der Waals surface area (Å²) in [5.41, 5.74) is 1.86. The molecule has 1 aliphatic heterocycles. The highest BCUT2D eigenvalue weighted by atomic mass is 32.2. The second-order valence-corrected chi connectivity index (χ2v) is 8.52. The predicted molar refractivity (Wildman–Crippen MR) is 93.6 cm³/mol. The molecule has 0 aliphatic carbocycles. The molecule has 0 saturated carbocycles. The number of anilines is 1. The Morgan fingerprint density at radius 1 is 1.26 bits per heavy atom. The molecular weight excluding hydrogens is 330 g/mol. The molecular formula is C16H21N3O2S2. The smallest absolute Gasteiger partial charge is 0.241 e. The van der Waals surface area contributed by atoms with Gasteiger partial charge >= 0.3 is 0 Å². The SMILES string of the molecule is Cc1ccc(S(=O)(=O)NC2CCN(c3nccs3)CC2)c(C)c1. The fraction of sp³-hybridized carbons (Fsp3) is 0.438. The molecule has 3 rings (SSSR count). The van der Waals surface area contributed by atoms with Gasteiger partial charge in [-0.05, 0) is 38.3 Å². The van der Waals surface area contributed by atoms with E-state index in [4.69, 9.17) is 0 Å². The highest BCUT2D eigenvalue weighted by Gasteiger charge is 2.26. The van der Waals surface area contributed by atoms with E-state index < -0.39 is 10.0 Å². The maximum absolute atomic E-state index is 12.6. The van der Waals surface area contributed by atoms with E-state index in [0.29, 0.717) is 4.90 Å². The predicted octanol–water partition coefficient (Wildman–Crippen LogP) is 2.71. The molecule has 5 nitrogen and oxygen atoms in total. The molecule has 0 spiro atoms. The summed E-state index contributed by atoms with van der Waals surface area (Å²) in [7, 11) is -3.46. The maximum atomic E-state index is 12.6. The van der Waals surface area contributed by atoms with Gasteiger partial charge in [0.25, 0.3) is 0 Å². The van der Waals surface area contributed by atoms with Gasteiger partial charge in [-0.3, -0.25) is 0 Å². The van der Waals surface area contributed by atoms with E-state index >= 15 is 0 Å². The van der Waals surface area contributed by atoms with Crippen LogP contribution in [0.2, 0.25) is 0 Å². The number of benzene rings is 1. The zero-order valence-corrected chi connectivity index (χ0v) is 15.0. The monoisotopic (exact) mass is 351 g/mol. The van der Waals surface area contributed by atoms with E-state index in [-0.39, 0.29) is 6.04 Å². The molecule has 2 heterocycles. The lowest BCUT2D eigenvalue weighted by Gasteiger charge is -2.32. The number of sulfonamides is 1. The molecule has 0 radical (unpaired) electrons. The van der Waals surface area contributed by atoms with Gasteiger partial charge in [0.1, 0.15) is 0 Å². The summed E-state index contributed by atoms with van der Waals surface area (Å²) < 4.78 is 28.1. The van der Waals surface area contributed by atoms with Gasteiger partial charge in [-0.15, -0.1) is 11.3 Å². The van der Waals surface area contributed by atoms with Crippen molar-refractivity contribution in [3.05, 3.63) is 40.9 Å². The Hall–Kier alpha value is -1.44. The van der Waals surface area contributed by atoms with Crippen molar-refractivity contribution in [1.82, 2.24) is 9.71 Å². The second kappa shape index (κ2) is 6.59. The summed E-state index contributed by atoms with van der Waals surface area (Å²) in [4.78, 5) is 6.91. The van der Waals surface area contributed by atoms with Crippen LogP contribution in [0.4, 0.5) is 5.13 Å². The van der Waals surface area contributed by atoms with Gasteiger partial charge in [-0.1, -0.05) is 17.7 Å². The van der Waals surface area contributed by atoms with Crippen molar-refractivity contribution >= 4 is 26.5 Å². The molecule has 23 heavy (non-hydrogen) atoms. The summed E-state index contributed by atoms with van der Waals surface area (Å²) in [6, 6.07) is 5.42. The Morgan fingerprint density at radius 3 is 2.61 bits per heavy atom. The first-order chi connectivity index (χ1) is 11.0. The van der Waals surface area contributed by atoms with Crippen molar-refractivity contribution < 1.29 is 8.42 Å². The van der Waals surface area contributed by atoms with Crippen LogP contribution >= 0.6 is 11.3 Å². The van der Waals surface area contributed by atoms with Gasteiger partial charge in [0.15, 0.2) is 5.13 Å². The number of piperidine rings is 1. The van der Waals surface area contributed by atoms with Crippen molar-refractivity contribution in [3.63, 3.8) is 0 Å².